The van der Waals surface area contributed by atoms with Crippen LogP contribution in [-0.2, 0) is 10.8 Å². The van der Waals surface area contributed by atoms with Gasteiger partial charge in [0.25, 0.3) is 0 Å². The molecule has 0 radical (unpaired) electrons. The first-order chi connectivity index (χ1) is 11.8. The van der Waals surface area contributed by atoms with Crippen LogP contribution in [0.15, 0.2) is 48.7 Å². The second kappa shape index (κ2) is 6.73. The van der Waals surface area contributed by atoms with Crippen LogP contribution in [0.5, 0.6) is 0 Å². The summed E-state index contributed by atoms with van der Waals surface area (Å²) in [6.07, 6.45) is 3.92. The molecular weight excluding hydrogens is 320 g/mol. The molecule has 1 aliphatic heterocycles. The van der Waals surface area contributed by atoms with Crippen molar-refractivity contribution in [2.75, 3.05) is 23.4 Å². The van der Waals surface area contributed by atoms with Crippen molar-refractivity contribution in [3.8, 4) is 11.3 Å². The van der Waals surface area contributed by atoms with Crippen LogP contribution in [0.25, 0.3) is 16.9 Å². The summed E-state index contributed by atoms with van der Waals surface area (Å²) in [5.74, 6) is 3.10. The monoisotopic (exact) mass is 340 g/mol. The molecule has 2 aromatic heterocycles. The summed E-state index contributed by atoms with van der Waals surface area (Å²) in [6.45, 7) is 0.880. The highest BCUT2D eigenvalue weighted by Gasteiger charge is 2.17. The molecule has 24 heavy (non-hydrogen) atoms. The number of nitrogens with zero attached hydrogens (tertiary/aromatic N) is 3. The summed E-state index contributed by atoms with van der Waals surface area (Å²) in [5.41, 5.74) is 2.93. The lowest BCUT2D eigenvalue weighted by Gasteiger charge is -2.21. The maximum atomic E-state index is 11.4. The molecule has 0 unspecified atom stereocenters. The first kappa shape index (κ1) is 15.3. The van der Waals surface area contributed by atoms with Gasteiger partial charge < -0.3 is 5.32 Å². The van der Waals surface area contributed by atoms with Crippen molar-refractivity contribution in [1.29, 1.82) is 0 Å². The molecule has 0 saturated carbocycles. The minimum atomic E-state index is -0.602. The molecule has 3 aromatic rings. The molecule has 1 aliphatic rings. The first-order valence-corrected chi connectivity index (χ1v) is 9.77. The van der Waals surface area contributed by atoms with Crippen LogP contribution in [0.1, 0.15) is 12.8 Å². The van der Waals surface area contributed by atoms with Crippen molar-refractivity contribution in [3.05, 3.63) is 48.7 Å². The zero-order valence-corrected chi connectivity index (χ0v) is 14.2. The van der Waals surface area contributed by atoms with Crippen LogP contribution in [-0.4, -0.2) is 36.9 Å². The van der Waals surface area contributed by atoms with Crippen LogP contribution >= 0.6 is 0 Å². The molecule has 1 N–H and O–H groups in total. The van der Waals surface area contributed by atoms with Gasteiger partial charge in [0.2, 0.25) is 0 Å². The van der Waals surface area contributed by atoms with Gasteiger partial charge in [-0.05, 0) is 30.9 Å². The van der Waals surface area contributed by atoms with Crippen LogP contribution in [0, 0.1) is 5.92 Å². The molecule has 0 atom stereocenters. The number of aromatic nitrogens is 3. The van der Waals surface area contributed by atoms with Crippen molar-refractivity contribution in [2.24, 2.45) is 5.92 Å². The highest BCUT2D eigenvalue weighted by Crippen LogP contribution is 2.21. The van der Waals surface area contributed by atoms with Crippen LogP contribution in [0.2, 0.25) is 0 Å². The Bertz CT molecular complexity index is 852. The largest absolute Gasteiger partial charge is 0.368 e. The van der Waals surface area contributed by atoms with E-state index in [1.54, 1.807) is 0 Å². The second-order valence-corrected chi connectivity index (χ2v) is 7.87. The number of imidazole rings is 1. The Balaban J connectivity index is 1.53. The van der Waals surface area contributed by atoms with Gasteiger partial charge in [-0.25, -0.2) is 9.50 Å². The third-order valence-corrected chi connectivity index (χ3v) is 5.89. The van der Waals surface area contributed by atoms with E-state index in [1.807, 2.05) is 41.0 Å². The van der Waals surface area contributed by atoms with Gasteiger partial charge in [0.05, 0.1) is 11.9 Å². The van der Waals surface area contributed by atoms with Crippen LogP contribution in [0.4, 0.5) is 5.82 Å². The van der Waals surface area contributed by atoms with Gasteiger partial charge in [-0.15, -0.1) is 5.10 Å². The van der Waals surface area contributed by atoms with Crippen molar-refractivity contribution in [3.63, 3.8) is 0 Å². The fourth-order valence-electron chi connectivity index (χ4n) is 3.07. The minimum Gasteiger partial charge on any atom is -0.368 e. The summed E-state index contributed by atoms with van der Waals surface area (Å²) in [4.78, 5) is 4.43. The highest BCUT2D eigenvalue weighted by molar-refractivity contribution is 7.85. The number of hydrogen-bond acceptors (Lipinski definition) is 4. The van der Waals surface area contributed by atoms with Gasteiger partial charge in [-0.1, -0.05) is 30.3 Å². The Morgan fingerprint density at radius 3 is 2.71 bits per heavy atom. The molecule has 0 spiro atoms. The Labute approximate surface area is 143 Å². The van der Waals surface area contributed by atoms with Gasteiger partial charge in [0.15, 0.2) is 5.65 Å². The summed E-state index contributed by atoms with van der Waals surface area (Å²) >= 11 is 0. The second-order valence-electron chi connectivity index (χ2n) is 6.17. The summed E-state index contributed by atoms with van der Waals surface area (Å²) < 4.78 is 13.3. The molecule has 0 aliphatic carbocycles. The molecule has 5 nitrogen and oxygen atoms in total. The van der Waals surface area contributed by atoms with E-state index >= 15 is 0 Å². The maximum absolute atomic E-state index is 11.4. The number of nitrogens with one attached hydrogen (secondary N) is 1. The third kappa shape index (κ3) is 3.19. The average molecular weight is 340 g/mol. The maximum Gasteiger partial charge on any atom is 0.154 e. The lowest BCUT2D eigenvalue weighted by molar-refractivity contribution is 0.504. The van der Waals surface area contributed by atoms with Crippen molar-refractivity contribution in [1.82, 2.24) is 14.6 Å². The standard InChI is InChI=1S/C18H20N4OS/c23-24-10-8-14(9-11-24)12-19-17-6-7-18-20-13-16(22(18)21-17)15-4-2-1-3-5-15/h1-7,13-14H,8-12H2,(H,19,21). The fraction of sp³-hybridized carbons (Fsp3) is 0.333. The quantitative estimate of drug-likeness (QED) is 0.793. The van der Waals surface area contributed by atoms with E-state index in [9.17, 15) is 4.21 Å². The SMILES string of the molecule is O=S1CCC(CNc2ccc3ncc(-c4ccccc4)n3n2)CC1. The van der Waals surface area contributed by atoms with Crippen LogP contribution < -0.4 is 5.32 Å². The molecule has 1 fully saturated rings. The number of fused-ring (bicyclic) bond motifs is 1. The zero-order valence-electron chi connectivity index (χ0n) is 13.4. The third-order valence-electron chi connectivity index (χ3n) is 4.51. The van der Waals surface area contributed by atoms with Gasteiger partial charge in [-0.3, -0.25) is 4.21 Å². The molecule has 0 bridgehead atoms. The Kier molecular flexibility index (Phi) is 4.30. The predicted molar refractivity (Wildman–Crippen MR) is 97.5 cm³/mol. The highest BCUT2D eigenvalue weighted by atomic mass is 32.2. The molecule has 3 heterocycles. The predicted octanol–water partition coefficient (Wildman–Crippen LogP) is 2.97. The Morgan fingerprint density at radius 2 is 1.92 bits per heavy atom. The van der Waals surface area contributed by atoms with E-state index in [0.717, 1.165) is 53.6 Å². The van der Waals surface area contributed by atoms with Crippen molar-refractivity contribution >= 4 is 22.3 Å². The van der Waals surface area contributed by atoms with E-state index in [4.69, 9.17) is 5.10 Å². The van der Waals surface area contributed by atoms with Gasteiger partial charge in [0, 0.05) is 34.4 Å². The molecule has 6 heteroatoms. The van der Waals surface area contributed by atoms with Crippen molar-refractivity contribution in [2.45, 2.75) is 12.8 Å². The zero-order chi connectivity index (χ0) is 16.4. The van der Waals surface area contributed by atoms with Gasteiger partial charge in [0.1, 0.15) is 5.82 Å². The lowest BCUT2D eigenvalue weighted by Crippen LogP contribution is -2.24. The molecule has 0 amide bonds. The van der Waals surface area contributed by atoms with E-state index in [2.05, 4.69) is 22.4 Å². The Hall–Kier alpha value is -2.21. The first-order valence-electron chi connectivity index (χ1n) is 8.28. The molecule has 1 saturated heterocycles. The molecule has 1 aromatic carbocycles. The van der Waals surface area contributed by atoms with Gasteiger partial charge in [-0.2, -0.15) is 0 Å². The number of hydrogen-bond donors (Lipinski definition) is 1. The molecule has 4 rings (SSSR count). The summed E-state index contributed by atoms with van der Waals surface area (Å²) in [6, 6.07) is 14.1. The topological polar surface area (TPSA) is 59.3 Å². The number of rotatable bonds is 4. The minimum absolute atomic E-state index is 0.580. The fourth-order valence-corrected chi connectivity index (χ4v) is 4.47. The van der Waals surface area contributed by atoms with E-state index in [1.165, 1.54) is 0 Å². The average Bonchev–Trinajstić information content (AvgIpc) is 3.05. The van der Waals surface area contributed by atoms with Crippen LogP contribution in [0.3, 0.4) is 0 Å². The van der Waals surface area contributed by atoms with E-state index in [0.29, 0.717) is 5.92 Å². The number of benzene rings is 1. The van der Waals surface area contributed by atoms with E-state index < -0.39 is 10.8 Å². The lowest BCUT2D eigenvalue weighted by atomic mass is 10.0. The molecule has 124 valence electrons. The molecular formula is C18H20N4OS. The summed E-state index contributed by atoms with van der Waals surface area (Å²) in [5, 5.41) is 8.13. The smallest absolute Gasteiger partial charge is 0.154 e. The Morgan fingerprint density at radius 1 is 1.12 bits per heavy atom. The number of anilines is 1. The van der Waals surface area contributed by atoms with Gasteiger partial charge >= 0.3 is 0 Å². The normalized spacial score (nSPS) is 21.0. The van der Waals surface area contributed by atoms with Crippen molar-refractivity contribution < 1.29 is 4.21 Å². The summed E-state index contributed by atoms with van der Waals surface area (Å²) in [7, 11) is -0.602. The van der Waals surface area contributed by atoms with E-state index in [-0.39, 0.29) is 0 Å².